The van der Waals surface area contributed by atoms with E-state index in [1.54, 1.807) is 23.1 Å². The Morgan fingerprint density at radius 2 is 2.13 bits per heavy atom. The SMILES string of the molecule is Cc1cccc(CSc2nn3c(CCCCCN)nnc3s2)c1. The molecule has 0 bridgehead atoms. The summed E-state index contributed by atoms with van der Waals surface area (Å²) < 4.78 is 2.94. The molecule has 3 aromatic rings. The summed E-state index contributed by atoms with van der Waals surface area (Å²) >= 11 is 3.36. The molecule has 0 aliphatic rings. The molecule has 0 saturated heterocycles. The Balaban J connectivity index is 1.62. The summed E-state index contributed by atoms with van der Waals surface area (Å²) in [7, 11) is 0. The molecule has 0 atom stereocenters. The average molecular weight is 348 g/mol. The van der Waals surface area contributed by atoms with Crippen molar-refractivity contribution < 1.29 is 0 Å². The van der Waals surface area contributed by atoms with Crippen LogP contribution in [0.4, 0.5) is 0 Å². The lowest BCUT2D eigenvalue weighted by molar-refractivity contribution is 0.654. The van der Waals surface area contributed by atoms with Crippen LogP contribution in [0, 0.1) is 6.92 Å². The number of aryl methyl sites for hydroxylation is 2. The van der Waals surface area contributed by atoms with Crippen LogP contribution in [0.2, 0.25) is 0 Å². The Labute approximate surface area is 144 Å². The highest BCUT2D eigenvalue weighted by molar-refractivity contribution is 8.00. The molecule has 7 heteroatoms. The summed E-state index contributed by atoms with van der Waals surface area (Å²) in [5.41, 5.74) is 8.14. The van der Waals surface area contributed by atoms with Gasteiger partial charge in [0.05, 0.1) is 0 Å². The van der Waals surface area contributed by atoms with Gasteiger partial charge < -0.3 is 5.73 Å². The molecule has 0 aliphatic heterocycles. The molecule has 5 nitrogen and oxygen atoms in total. The molecule has 0 fully saturated rings. The lowest BCUT2D eigenvalue weighted by atomic mass is 10.2. The molecule has 0 saturated carbocycles. The minimum atomic E-state index is 0.756. The van der Waals surface area contributed by atoms with Gasteiger partial charge in [-0.1, -0.05) is 59.3 Å². The van der Waals surface area contributed by atoms with E-state index >= 15 is 0 Å². The molecule has 0 amide bonds. The Kier molecular flexibility index (Phi) is 5.64. The van der Waals surface area contributed by atoms with Gasteiger partial charge >= 0.3 is 0 Å². The van der Waals surface area contributed by atoms with E-state index in [0.717, 1.165) is 53.1 Å². The monoisotopic (exact) mass is 347 g/mol. The third-order valence-corrected chi connectivity index (χ3v) is 5.69. The molecule has 2 N–H and O–H groups in total. The Hall–Kier alpha value is -1.44. The summed E-state index contributed by atoms with van der Waals surface area (Å²) in [4.78, 5) is 0.880. The van der Waals surface area contributed by atoms with E-state index in [1.807, 2.05) is 4.52 Å². The third kappa shape index (κ3) is 4.31. The van der Waals surface area contributed by atoms with Crippen LogP contribution in [-0.2, 0) is 12.2 Å². The zero-order valence-electron chi connectivity index (χ0n) is 13.2. The fourth-order valence-corrected chi connectivity index (χ4v) is 4.24. The number of hydrogen-bond donors (Lipinski definition) is 1. The fraction of sp³-hybridized carbons (Fsp3) is 0.438. The highest BCUT2D eigenvalue weighted by Crippen LogP contribution is 2.28. The van der Waals surface area contributed by atoms with Gasteiger partial charge in [-0.2, -0.15) is 4.52 Å². The first kappa shape index (κ1) is 16.4. The molecule has 23 heavy (non-hydrogen) atoms. The first-order valence-corrected chi connectivity index (χ1v) is 9.66. The van der Waals surface area contributed by atoms with Crippen LogP contribution in [0.5, 0.6) is 0 Å². The topological polar surface area (TPSA) is 69.1 Å². The number of rotatable bonds is 8. The van der Waals surface area contributed by atoms with Crippen LogP contribution in [0.15, 0.2) is 28.6 Å². The molecule has 2 heterocycles. The maximum absolute atomic E-state index is 5.53. The summed E-state index contributed by atoms with van der Waals surface area (Å²) in [6.45, 7) is 2.87. The van der Waals surface area contributed by atoms with Crippen molar-refractivity contribution in [2.45, 2.75) is 42.7 Å². The lowest BCUT2D eigenvalue weighted by Crippen LogP contribution is -2.00. The van der Waals surface area contributed by atoms with Crippen LogP contribution in [0.25, 0.3) is 4.96 Å². The normalized spacial score (nSPS) is 11.4. The summed E-state index contributed by atoms with van der Waals surface area (Å²) in [5, 5.41) is 13.1. The number of aromatic nitrogens is 4. The smallest absolute Gasteiger partial charge is 0.235 e. The molecule has 1 aromatic carbocycles. The van der Waals surface area contributed by atoms with Gasteiger partial charge in [-0.3, -0.25) is 0 Å². The Morgan fingerprint density at radius 3 is 2.96 bits per heavy atom. The van der Waals surface area contributed by atoms with Gasteiger partial charge in [-0.15, -0.1) is 15.3 Å². The van der Waals surface area contributed by atoms with Gasteiger partial charge in [0.1, 0.15) is 0 Å². The van der Waals surface area contributed by atoms with Crippen molar-refractivity contribution in [1.82, 2.24) is 19.8 Å². The van der Waals surface area contributed by atoms with Gasteiger partial charge in [0.25, 0.3) is 0 Å². The zero-order chi connectivity index (χ0) is 16.1. The predicted molar refractivity (Wildman–Crippen MR) is 96.0 cm³/mol. The van der Waals surface area contributed by atoms with Gasteiger partial charge in [-0.05, 0) is 31.9 Å². The highest BCUT2D eigenvalue weighted by atomic mass is 32.2. The van der Waals surface area contributed by atoms with Crippen molar-refractivity contribution in [3.63, 3.8) is 0 Å². The van der Waals surface area contributed by atoms with E-state index in [-0.39, 0.29) is 0 Å². The van der Waals surface area contributed by atoms with E-state index in [9.17, 15) is 0 Å². The van der Waals surface area contributed by atoms with E-state index in [1.165, 1.54) is 11.1 Å². The van der Waals surface area contributed by atoms with Crippen molar-refractivity contribution in [2.75, 3.05) is 6.54 Å². The molecule has 0 radical (unpaired) electrons. The number of nitrogens with two attached hydrogens (primary N) is 1. The van der Waals surface area contributed by atoms with Gasteiger partial charge in [-0.25, -0.2) is 0 Å². The summed E-state index contributed by atoms with van der Waals surface area (Å²) in [6, 6.07) is 8.59. The van der Waals surface area contributed by atoms with Gasteiger partial charge in [0, 0.05) is 12.2 Å². The van der Waals surface area contributed by atoms with Gasteiger partial charge in [0.15, 0.2) is 10.2 Å². The van der Waals surface area contributed by atoms with Crippen LogP contribution in [-0.4, -0.2) is 26.4 Å². The highest BCUT2D eigenvalue weighted by Gasteiger charge is 2.11. The van der Waals surface area contributed by atoms with Crippen molar-refractivity contribution in [3.8, 4) is 0 Å². The standard InChI is InChI=1S/C16H21N5S2/c1-12-6-5-7-13(10-12)11-22-16-20-21-14(8-3-2-4-9-17)18-19-15(21)23-16/h5-7,10H,2-4,8-9,11,17H2,1H3. The lowest BCUT2D eigenvalue weighted by Gasteiger charge is -2.00. The van der Waals surface area contributed by atoms with Crippen molar-refractivity contribution >= 4 is 28.1 Å². The largest absolute Gasteiger partial charge is 0.330 e. The van der Waals surface area contributed by atoms with Crippen LogP contribution in [0.1, 0.15) is 36.2 Å². The van der Waals surface area contributed by atoms with Crippen molar-refractivity contribution in [1.29, 1.82) is 0 Å². The van der Waals surface area contributed by atoms with E-state index in [0.29, 0.717) is 0 Å². The van der Waals surface area contributed by atoms with Crippen LogP contribution in [0.3, 0.4) is 0 Å². The second-order valence-electron chi connectivity index (χ2n) is 5.56. The Morgan fingerprint density at radius 1 is 1.22 bits per heavy atom. The molecule has 0 aliphatic carbocycles. The van der Waals surface area contributed by atoms with Crippen LogP contribution >= 0.6 is 23.1 Å². The molecule has 3 rings (SSSR count). The predicted octanol–water partition coefficient (Wildman–Crippen LogP) is 3.46. The maximum Gasteiger partial charge on any atom is 0.235 e. The zero-order valence-corrected chi connectivity index (χ0v) is 14.9. The summed E-state index contributed by atoms with van der Waals surface area (Å²) in [6.07, 6.45) is 4.19. The second-order valence-corrected chi connectivity index (χ2v) is 7.73. The van der Waals surface area contributed by atoms with E-state index < -0.39 is 0 Å². The molecule has 2 aromatic heterocycles. The second kappa shape index (κ2) is 7.90. The van der Waals surface area contributed by atoms with Gasteiger partial charge in [0.2, 0.25) is 4.96 Å². The quantitative estimate of drug-likeness (QED) is 0.499. The first-order chi connectivity index (χ1) is 11.3. The number of hydrogen-bond acceptors (Lipinski definition) is 6. The van der Waals surface area contributed by atoms with E-state index in [2.05, 4.69) is 46.5 Å². The number of fused-ring (bicyclic) bond motifs is 1. The number of unbranched alkanes of at least 4 members (excludes halogenated alkanes) is 2. The minimum Gasteiger partial charge on any atom is -0.330 e. The Bertz CT molecular complexity index is 765. The molecular formula is C16H21N5S2. The minimum absolute atomic E-state index is 0.756. The fourth-order valence-electron chi connectivity index (χ4n) is 2.41. The first-order valence-electron chi connectivity index (χ1n) is 7.86. The maximum atomic E-state index is 5.53. The number of nitrogens with zero attached hydrogens (tertiary/aromatic N) is 4. The summed E-state index contributed by atoms with van der Waals surface area (Å²) in [5.74, 6) is 1.88. The molecule has 122 valence electrons. The average Bonchev–Trinajstić information content (AvgIpc) is 3.10. The molecule has 0 spiro atoms. The molecular weight excluding hydrogens is 326 g/mol. The van der Waals surface area contributed by atoms with Crippen LogP contribution < -0.4 is 5.73 Å². The number of thioether (sulfide) groups is 1. The van der Waals surface area contributed by atoms with Crippen molar-refractivity contribution in [3.05, 3.63) is 41.2 Å². The van der Waals surface area contributed by atoms with E-state index in [4.69, 9.17) is 5.73 Å². The molecule has 0 unspecified atom stereocenters. The van der Waals surface area contributed by atoms with Crippen molar-refractivity contribution in [2.24, 2.45) is 5.73 Å². The third-order valence-electron chi connectivity index (χ3n) is 3.59. The number of benzene rings is 1.